The van der Waals surface area contributed by atoms with Gasteiger partial charge in [0.2, 0.25) is 0 Å². The molecule has 2 rings (SSSR count). The average molecular weight is 370 g/mol. The van der Waals surface area contributed by atoms with E-state index in [1.165, 1.54) is 0 Å². The lowest BCUT2D eigenvalue weighted by Crippen LogP contribution is -2.30. The molecule has 2 aromatic rings. The molecule has 1 atom stereocenters. The summed E-state index contributed by atoms with van der Waals surface area (Å²) in [5.74, 6) is 2.01. The molecule has 1 N–H and O–H groups in total. The fourth-order valence-electron chi connectivity index (χ4n) is 2.75. The van der Waals surface area contributed by atoms with Gasteiger partial charge < -0.3 is 10.1 Å². The third-order valence-electron chi connectivity index (χ3n) is 4.02. The molecule has 0 bridgehead atoms. The van der Waals surface area contributed by atoms with Crippen LogP contribution >= 0.6 is 11.8 Å². The summed E-state index contributed by atoms with van der Waals surface area (Å²) in [5, 5.41) is 3.22. The van der Waals surface area contributed by atoms with E-state index in [-0.39, 0.29) is 11.9 Å². The monoisotopic (exact) mass is 369 g/mol. The number of amides is 1. The minimum atomic E-state index is -0.0429. The topological polar surface area (TPSA) is 38.3 Å². The summed E-state index contributed by atoms with van der Waals surface area (Å²) in [6.45, 7) is 8.08. The number of carbonyl (C=O) groups is 1. The second-order valence-corrected chi connectivity index (χ2v) is 7.59. The standard InChI is InChI=1S/C22H27NO2S/c1-5-14-26-21-9-7-6-8-19(21)22(24)23-20(15-16(2)3)17-10-12-18(25-4)13-11-17/h5-13,16,20H,1,14-15H2,2-4H3,(H,23,24). The fraction of sp³-hybridized carbons (Fsp3) is 0.318. The van der Waals surface area contributed by atoms with Crippen LogP contribution in [0, 0.1) is 5.92 Å². The molecule has 0 aliphatic heterocycles. The minimum Gasteiger partial charge on any atom is -0.497 e. The van der Waals surface area contributed by atoms with Crippen molar-refractivity contribution in [2.24, 2.45) is 5.92 Å². The maximum absolute atomic E-state index is 12.9. The van der Waals surface area contributed by atoms with Crippen LogP contribution < -0.4 is 10.1 Å². The predicted molar refractivity (Wildman–Crippen MR) is 110 cm³/mol. The number of ether oxygens (including phenoxy) is 1. The lowest BCUT2D eigenvalue weighted by molar-refractivity contribution is 0.0929. The molecule has 0 aromatic heterocycles. The Balaban J connectivity index is 2.22. The first kappa shape index (κ1) is 20.1. The van der Waals surface area contributed by atoms with Gasteiger partial charge in [-0.1, -0.05) is 44.2 Å². The molecule has 0 aliphatic rings. The minimum absolute atomic E-state index is 0.0362. The van der Waals surface area contributed by atoms with Crippen molar-refractivity contribution in [3.05, 3.63) is 72.3 Å². The molecule has 2 aromatic carbocycles. The second-order valence-electron chi connectivity index (χ2n) is 6.52. The van der Waals surface area contributed by atoms with E-state index in [4.69, 9.17) is 4.74 Å². The molecular formula is C22H27NO2S. The van der Waals surface area contributed by atoms with Crippen LogP contribution in [0.15, 0.2) is 66.1 Å². The molecule has 26 heavy (non-hydrogen) atoms. The Bertz CT molecular complexity index is 725. The Kier molecular flexibility index (Phi) is 7.79. The Labute approximate surface area is 160 Å². The van der Waals surface area contributed by atoms with Crippen LogP contribution in [0.2, 0.25) is 0 Å². The van der Waals surface area contributed by atoms with Crippen molar-refractivity contribution in [1.29, 1.82) is 0 Å². The van der Waals surface area contributed by atoms with Crippen molar-refractivity contribution in [3.8, 4) is 5.75 Å². The highest BCUT2D eigenvalue weighted by molar-refractivity contribution is 7.99. The first-order chi connectivity index (χ1) is 12.5. The molecule has 0 heterocycles. The molecule has 3 nitrogen and oxygen atoms in total. The number of hydrogen-bond acceptors (Lipinski definition) is 3. The zero-order valence-electron chi connectivity index (χ0n) is 15.7. The van der Waals surface area contributed by atoms with Gasteiger partial charge in [0.15, 0.2) is 0 Å². The highest BCUT2D eigenvalue weighted by Crippen LogP contribution is 2.26. The van der Waals surface area contributed by atoms with Gasteiger partial charge in [-0.05, 0) is 42.2 Å². The van der Waals surface area contributed by atoms with Crippen LogP contribution in [0.5, 0.6) is 5.75 Å². The molecule has 0 saturated carbocycles. The number of carbonyl (C=O) groups excluding carboxylic acids is 1. The number of hydrogen-bond donors (Lipinski definition) is 1. The molecule has 0 fully saturated rings. The Morgan fingerprint density at radius 3 is 2.50 bits per heavy atom. The predicted octanol–water partition coefficient (Wildman–Crippen LogP) is 5.49. The van der Waals surface area contributed by atoms with Crippen molar-refractivity contribution in [2.75, 3.05) is 12.9 Å². The first-order valence-electron chi connectivity index (χ1n) is 8.82. The van der Waals surface area contributed by atoms with Gasteiger partial charge in [-0.2, -0.15) is 0 Å². The number of rotatable bonds is 9. The van der Waals surface area contributed by atoms with Gasteiger partial charge in [-0.3, -0.25) is 4.79 Å². The summed E-state index contributed by atoms with van der Waals surface area (Å²) in [4.78, 5) is 13.9. The normalized spacial score (nSPS) is 11.8. The summed E-state index contributed by atoms with van der Waals surface area (Å²) >= 11 is 1.62. The number of nitrogens with one attached hydrogen (secondary N) is 1. The smallest absolute Gasteiger partial charge is 0.252 e. The molecule has 1 amide bonds. The number of benzene rings is 2. The molecule has 0 saturated heterocycles. The van der Waals surface area contributed by atoms with E-state index < -0.39 is 0 Å². The second kappa shape index (κ2) is 10.1. The Hall–Kier alpha value is -2.20. The Morgan fingerprint density at radius 2 is 1.88 bits per heavy atom. The average Bonchev–Trinajstić information content (AvgIpc) is 2.65. The van der Waals surface area contributed by atoms with Crippen molar-refractivity contribution in [2.45, 2.75) is 31.2 Å². The molecule has 0 spiro atoms. The van der Waals surface area contributed by atoms with E-state index in [9.17, 15) is 4.79 Å². The van der Waals surface area contributed by atoms with E-state index in [1.54, 1.807) is 18.9 Å². The van der Waals surface area contributed by atoms with Crippen molar-refractivity contribution in [1.82, 2.24) is 5.32 Å². The van der Waals surface area contributed by atoms with Crippen molar-refractivity contribution < 1.29 is 9.53 Å². The van der Waals surface area contributed by atoms with E-state index in [2.05, 4.69) is 25.7 Å². The highest BCUT2D eigenvalue weighted by atomic mass is 32.2. The number of methoxy groups -OCH3 is 1. The highest BCUT2D eigenvalue weighted by Gasteiger charge is 2.19. The van der Waals surface area contributed by atoms with Crippen LogP contribution in [0.1, 0.15) is 42.2 Å². The SMILES string of the molecule is C=CCSc1ccccc1C(=O)NC(CC(C)C)c1ccc(OC)cc1. The molecule has 4 heteroatoms. The van der Waals surface area contributed by atoms with E-state index in [0.29, 0.717) is 11.5 Å². The van der Waals surface area contributed by atoms with Gasteiger partial charge in [0.05, 0.1) is 18.7 Å². The summed E-state index contributed by atoms with van der Waals surface area (Å²) in [6, 6.07) is 15.6. The van der Waals surface area contributed by atoms with Gasteiger partial charge in [0, 0.05) is 10.6 Å². The summed E-state index contributed by atoms with van der Waals surface area (Å²) in [6.07, 6.45) is 2.72. The summed E-state index contributed by atoms with van der Waals surface area (Å²) in [5.41, 5.74) is 1.80. The zero-order chi connectivity index (χ0) is 18.9. The molecule has 1 unspecified atom stereocenters. The first-order valence-corrected chi connectivity index (χ1v) is 9.81. The molecule has 138 valence electrons. The quantitative estimate of drug-likeness (QED) is 0.469. The van der Waals surface area contributed by atoms with Crippen molar-refractivity contribution in [3.63, 3.8) is 0 Å². The van der Waals surface area contributed by atoms with Gasteiger partial charge in [0.1, 0.15) is 5.75 Å². The molecule has 0 aliphatic carbocycles. The van der Waals surface area contributed by atoms with Crippen LogP contribution in [0.4, 0.5) is 0 Å². The van der Waals surface area contributed by atoms with E-state index in [0.717, 1.165) is 28.4 Å². The van der Waals surface area contributed by atoms with E-state index in [1.807, 2.05) is 54.6 Å². The Morgan fingerprint density at radius 1 is 1.19 bits per heavy atom. The third-order valence-corrected chi connectivity index (χ3v) is 5.09. The lowest BCUT2D eigenvalue weighted by Gasteiger charge is -2.22. The maximum Gasteiger partial charge on any atom is 0.252 e. The van der Waals surface area contributed by atoms with Crippen LogP contribution in [-0.4, -0.2) is 18.8 Å². The van der Waals surface area contributed by atoms with Gasteiger partial charge in [-0.15, -0.1) is 18.3 Å². The van der Waals surface area contributed by atoms with Gasteiger partial charge in [-0.25, -0.2) is 0 Å². The van der Waals surface area contributed by atoms with Gasteiger partial charge >= 0.3 is 0 Å². The zero-order valence-corrected chi connectivity index (χ0v) is 16.5. The fourth-order valence-corrected chi connectivity index (χ4v) is 3.54. The molecule has 0 radical (unpaired) electrons. The summed E-state index contributed by atoms with van der Waals surface area (Å²) < 4.78 is 5.24. The number of thioether (sulfide) groups is 1. The third kappa shape index (κ3) is 5.67. The van der Waals surface area contributed by atoms with Crippen LogP contribution in [-0.2, 0) is 0 Å². The maximum atomic E-state index is 12.9. The van der Waals surface area contributed by atoms with Crippen LogP contribution in [0.25, 0.3) is 0 Å². The summed E-state index contributed by atoms with van der Waals surface area (Å²) in [7, 11) is 1.65. The lowest BCUT2D eigenvalue weighted by atomic mass is 9.96. The molecular weight excluding hydrogens is 342 g/mol. The van der Waals surface area contributed by atoms with E-state index >= 15 is 0 Å². The van der Waals surface area contributed by atoms with Gasteiger partial charge in [0.25, 0.3) is 5.91 Å². The van der Waals surface area contributed by atoms with Crippen molar-refractivity contribution >= 4 is 17.7 Å². The largest absolute Gasteiger partial charge is 0.497 e. The van der Waals surface area contributed by atoms with Crippen LogP contribution in [0.3, 0.4) is 0 Å².